The van der Waals surface area contributed by atoms with Gasteiger partial charge in [-0.1, -0.05) is 26.0 Å². The molecule has 7 heteroatoms. The van der Waals surface area contributed by atoms with Gasteiger partial charge in [0.2, 0.25) is 0 Å². The Morgan fingerprint density at radius 3 is 2.33 bits per heavy atom. The Morgan fingerprint density at radius 2 is 1.78 bits per heavy atom. The van der Waals surface area contributed by atoms with Crippen LogP contribution in [0.15, 0.2) is 24.3 Å². The number of benzene rings is 1. The molecule has 0 aliphatic heterocycles. The summed E-state index contributed by atoms with van der Waals surface area (Å²) in [4.78, 5) is 23.9. The third-order valence-corrected chi connectivity index (χ3v) is 4.03. The van der Waals surface area contributed by atoms with Crippen LogP contribution in [0.3, 0.4) is 0 Å². The second kappa shape index (κ2) is 10.4. The van der Waals surface area contributed by atoms with E-state index in [4.69, 9.17) is 14.5 Å². The monoisotopic (exact) mass is 370 g/mol. The van der Waals surface area contributed by atoms with Crippen LogP contribution in [-0.2, 0) is 14.3 Å². The average molecular weight is 370 g/mol. The lowest BCUT2D eigenvalue weighted by Crippen LogP contribution is -2.29. The van der Waals surface area contributed by atoms with Crippen molar-refractivity contribution in [3.05, 3.63) is 30.0 Å². The SMILES string of the molecule is CCCN(CCC)c1nc2ccccc2nc1[C@@H](C#N)C(=O)OCCOC. The lowest BCUT2D eigenvalue weighted by atomic mass is 10.1. The van der Waals surface area contributed by atoms with E-state index < -0.39 is 11.9 Å². The molecule has 2 rings (SSSR count). The molecular formula is C20H26N4O3. The molecule has 0 spiro atoms. The van der Waals surface area contributed by atoms with Gasteiger partial charge in [0, 0.05) is 20.2 Å². The number of nitrogens with zero attached hydrogens (tertiary/aromatic N) is 4. The maximum Gasteiger partial charge on any atom is 0.329 e. The van der Waals surface area contributed by atoms with Crippen LogP contribution in [0.2, 0.25) is 0 Å². The quantitative estimate of drug-likeness (QED) is 0.469. The zero-order valence-corrected chi connectivity index (χ0v) is 16.1. The first-order chi connectivity index (χ1) is 13.2. The zero-order chi connectivity index (χ0) is 19.6. The van der Waals surface area contributed by atoms with E-state index in [9.17, 15) is 10.1 Å². The van der Waals surface area contributed by atoms with E-state index >= 15 is 0 Å². The van der Waals surface area contributed by atoms with Crippen molar-refractivity contribution >= 4 is 22.8 Å². The Hall–Kier alpha value is -2.72. The number of nitriles is 1. The first-order valence-electron chi connectivity index (χ1n) is 9.23. The number of rotatable bonds is 10. The van der Waals surface area contributed by atoms with Gasteiger partial charge in [0.05, 0.1) is 23.7 Å². The van der Waals surface area contributed by atoms with Crippen molar-refractivity contribution in [2.75, 3.05) is 38.3 Å². The number of carbonyl (C=O) groups excluding carboxylic acids is 1. The molecule has 7 nitrogen and oxygen atoms in total. The molecule has 0 N–H and O–H groups in total. The molecule has 0 aliphatic rings. The summed E-state index contributed by atoms with van der Waals surface area (Å²) >= 11 is 0. The van der Waals surface area contributed by atoms with E-state index in [2.05, 4.69) is 23.7 Å². The molecule has 0 saturated heterocycles. The van der Waals surface area contributed by atoms with Crippen LogP contribution in [0.5, 0.6) is 0 Å². The molecule has 1 atom stereocenters. The molecule has 1 heterocycles. The van der Waals surface area contributed by atoms with Crippen molar-refractivity contribution in [1.82, 2.24) is 9.97 Å². The number of anilines is 1. The fourth-order valence-corrected chi connectivity index (χ4v) is 2.83. The average Bonchev–Trinajstić information content (AvgIpc) is 2.68. The first kappa shape index (κ1) is 20.6. The number of ether oxygens (including phenoxy) is 2. The molecule has 0 radical (unpaired) electrons. The summed E-state index contributed by atoms with van der Waals surface area (Å²) in [6.45, 7) is 6.07. The Labute approximate surface area is 159 Å². The van der Waals surface area contributed by atoms with E-state index in [-0.39, 0.29) is 13.2 Å². The van der Waals surface area contributed by atoms with Gasteiger partial charge in [-0.3, -0.25) is 4.79 Å². The zero-order valence-electron chi connectivity index (χ0n) is 16.1. The molecule has 0 saturated carbocycles. The highest BCUT2D eigenvalue weighted by Crippen LogP contribution is 2.28. The van der Waals surface area contributed by atoms with Gasteiger partial charge in [-0.15, -0.1) is 0 Å². The highest BCUT2D eigenvalue weighted by molar-refractivity contribution is 5.85. The maximum atomic E-state index is 12.5. The molecule has 0 amide bonds. The summed E-state index contributed by atoms with van der Waals surface area (Å²) in [6, 6.07) is 9.50. The van der Waals surface area contributed by atoms with Gasteiger partial charge in [0.15, 0.2) is 11.7 Å². The normalized spacial score (nSPS) is 11.8. The Bertz CT molecular complexity index is 797. The van der Waals surface area contributed by atoms with Crippen molar-refractivity contribution in [3.8, 4) is 6.07 Å². The molecule has 1 aromatic carbocycles. The highest BCUT2D eigenvalue weighted by Gasteiger charge is 2.29. The van der Waals surface area contributed by atoms with E-state index in [0.717, 1.165) is 31.4 Å². The summed E-state index contributed by atoms with van der Waals surface area (Å²) in [7, 11) is 1.52. The minimum Gasteiger partial charge on any atom is -0.462 e. The molecule has 0 aliphatic carbocycles. The summed E-state index contributed by atoms with van der Waals surface area (Å²) < 4.78 is 10.1. The Balaban J connectivity index is 2.51. The summed E-state index contributed by atoms with van der Waals surface area (Å²) in [5.74, 6) is -1.19. The number of esters is 1. The number of aromatic nitrogens is 2. The summed E-state index contributed by atoms with van der Waals surface area (Å²) in [5, 5.41) is 9.68. The molecule has 2 aromatic rings. The van der Waals surface area contributed by atoms with Crippen LogP contribution >= 0.6 is 0 Å². The van der Waals surface area contributed by atoms with E-state index in [1.54, 1.807) is 0 Å². The standard InChI is InChI=1S/C20H26N4O3/c1-4-10-24(11-5-2)19-18(15(14-21)20(25)27-13-12-26-3)22-16-8-6-7-9-17(16)23-19/h6-9,15H,4-5,10-13H2,1-3H3/t15-/m1/s1. The Morgan fingerprint density at radius 1 is 1.15 bits per heavy atom. The predicted molar refractivity (Wildman–Crippen MR) is 104 cm³/mol. The smallest absolute Gasteiger partial charge is 0.329 e. The van der Waals surface area contributed by atoms with Crippen LogP contribution in [0.1, 0.15) is 38.3 Å². The fourth-order valence-electron chi connectivity index (χ4n) is 2.83. The molecule has 0 bridgehead atoms. The largest absolute Gasteiger partial charge is 0.462 e. The van der Waals surface area contributed by atoms with Gasteiger partial charge in [0.1, 0.15) is 12.3 Å². The van der Waals surface area contributed by atoms with E-state index in [0.29, 0.717) is 17.0 Å². The number of para-hydroxylation sites is 2. The van der Waals surface area contributed by atoms with Crippen molar-refractivity contribution in [3.63, 3.8) is 0 Å². The first-order valence-corrected chi connectivity index (χ1v) is 9.23. The Kier molecular flexibility index (Phi) is 7.96. The van der Waals surface area contributed by atoms with Gasteiger partial charge in [0.25, 0.3) is 0 Å². The van der Waals surface area contributed by atoms with Gasteiger partial charge >= 0.3 is 5.97 Å². The van der Waals surface area contributed by atoms with Crippen molar-refractivity contribution in [2.45, 2.75) is 32.6 Å². The third-order valence-electron chi connectivity index (χ3n) is 4.03. The van der Waals surface area contributed by atoms with Crippen LogP contribution in [0.25, 0.3) is 11.0 Å². The number of fused-ring (bicyclic) bond motifs is 1. The van der Waals surface area contributed by atoms with Gasteiger partial charge in [-0.25, -0.2) is 9.97 Å². The minimum atomic E-state index is -1.13. The van der Waals surface area contributed by atoms with Gasteiger partial charge in [-0.2, -0.15) is 5.26 Å². The number of hydrogen-bond donors (Lipinski definition) is 0. The second-order valence-electron chi connectivity index (χ2n) is 6.13. The third kappa shape index (κ3) is 5.14. The fraction of sp³-hybridized carbons (Fsp3) is 0.500. The molecule has 1 aromatic heterocycles. The number of hydrogen-bond acceptors (Lipinski definition) is 7. The highest BCUT2D eigenvalue weighted by atomic mass is 16.6. The van der Waals surface area contributed by atoms with Crippen LogP contribution < -0.4 is 4.90 Å². The minimum absolute atomic E-state index is 0.0947. The summed E-state index contributed by atoms with van der Waals surface area (Å²) in [5.41, 5.74) is 1.73. The van der Waals surface area contributed by atoms with Crippen molar-refractivity contribution < 1.29 is 14.3 Å². The van der Waals surface area contributed by atoms with Gasteiger partial charge in [-0.05, 0) is 25.0 Å². The molecule has 27 heavy (non-hydrogen) atoms. The lowest BCUT2D eigenvalue weighted by molar-refractivity contribution is -0.145. The molecule has 0 fully saturated rings. The predicted octanol–water partition coefficient (Wildman–Crippen LogP) is 3.05. The summed E-state index contributed by atoms with van der Waals surface area (Å²) in [6.07, 6.45) is 1.84. The van der Waals surface area contributed by atoms with E-state index in [1.165, 1.54) is 7.11 Å². The number of carbonyl (C=O) groups is 1. The molecule has 0 unspecified atom stereocenters. The van der Waals surface area contributed by atoms with E-state index in [1.807, 2.05) is 30.3 Å². The van der Waals surface area contributed by atoms with Crippen LogP contribution in [-0.4, -0.2) is 49.4 Å². The topological polar surface area (TPSA) is 88.3 Å². The van der Waals surface area contributed by atoms with Crippen molar-refractivity contribution in [1.29, 1.82) is 5.26 Å². The molecule has 144 valence electrons. The van der Waals surface area contributed by atoms with Crippen LogP contribution in [0, 0.1) is 11.3 Å². The lowest BCUT2D eigenvalue weighted by Gasteiger charge is -2.25. The van der Waals surface area contributed by atoms with Gasteiger partial charge < -0.3 is 14.4 Å². The maximum absolute atomic E-state index is 12.5. The number of methoxy groups -OCH3 is 1. The molecular weight excluding hydrogens is 344 g/mol. The van der Waals surface area contributed by atoms with Crippen molar-refractivity contribution in [2.24, 2.45) is 0 Å². The second-order valence-corrected chi connectivity index (χ2v) is 6.13. The van der Waals surface area contributed by atoms with Crippen LogP contribution in [0.4, 0.5) is 5.82 Å².